The first-order valence-electron chi connectivity index (χ1n) is 8.11. The van der Waals surface area contributed by atoms with Gasteiger partial charge in [-0.1, -0.05) is 12.1 Å². The second kappa shape index (κ2) is 7.65. The van der Waals surface area contributed by atoms with Gasteiger partial charge < -0.3 is 19.6 Å². The number of nitrogens with one attached hydrogen (secondary N) is 2. The fourth-order valence-corrected chi connectivity index (χ4v) is 2.64. The summed E-state index contributed by atoms with van der Waals surface area (Å²) in [6.07, 6.45) is 2.13. The summed E-state index contributed by atoms with van der Waals surface area (Å²) in [5.41, 5.74) is 1.73. The Morgan fingerprint density at radius 2 is 2.00 bits per heavy atom. The molecular formula is C18H20N4O3. The van der Waals surface area contributed by atoms with Crippen LogP contribution in [0.25, 0.3) is 11.0 Å². The van der Waals surface area contributed by atoms with Crippen molar-refractivity contribution >= 4 is 22.8 Å². The molecule has 0 unspecified atom stereocenters. The molecule has 130 valence electrons. The first kappa shape index (κ1) is 16.8. The molecule has 0 saturated carbocycles. The number of furan rings is 1. The fourth-order valence-electron chi connectivity index (χ4n) is 2.64. The minimum atomic E-state index is -0.125. The molecule has 0 bridgehead atoms. The van der Waals surface area contributed by atoms with Crippen LogP contribution in [0.5, 0.6) is 0 Å². The molecule has 2 N–H and O–H groups in total. The molecule has 7 nitrogen and oxygen atoms in total. The lowest BCUT2D eigenvalue weighted by Gasteiger charge is -2.10. The highest BCUT2D eigenvalue weighted by molar-refractivity contribution is 5.81. The number of nitrogens with zero attached hydrogens (tertiary/aromatic N) is 2. The summed E-state index contributed by atoms with van der Waals surface area (Å²) < 4.78 is 7.10. The highest BCUT2D eigenvalue weighted by Gasteiger charge is 2.13. The highest BCUT2D eigenvalue weighted by atomic mass is 16.3. The predicted octanol–water partition coefficient (Wildman–Crippen LogP) is 1.62. The summed E-state index contributed by atoms with van der Waals surface area (Å²) in [7, 11) is 0. The Hall–Kier alpha value is -3.09. The number of hydrogen-bond donors (Lipinski definition) is 2. The third kappa shape index (κ3) is 4.26. The molecule has 2 amide bonds. The number of amides is 2. The zero-order valence-corrected chi connectivity index (χ0v) is 14.0. The maximum atomic E-state index is 12.3. The summed E-state index contributed by atoms with van der Waals surface area (Å²) in [5, 5.41) is 5.60. The van der Waals surface area contributed by atoms with Crippen molar-refractivity contribution < 1.29 is 14.0 Å². The number of aromatic nitrogens is 2. The molecular weight excluding hydrogens is 320 g/mol. The molecule has 0 saturated heterocycles. The number of rotatable bonds is 7. The molecule has 0 aliphatic rings. The molecule has 3 rings (SSSR count). The minimum absolute atomic E-state index is 0.0844. The Morgan fingerprint density at radius 1 is 1.16 bits per heavy atom. The zero-order valence-electron chi connectivity index (χ0n) is 14.0. The second-order valence-electron chi connectivity index (χ2n) is 5.69. The molecule has 0 spiro atoms. The van der Waals surface area contributed by atoms with E-state index in [2.05, 4.69) is 15.6 Å². The fraction of sp³-hybridized carbons (Fsp3) is 0.278. The van der Waals surface area contributed by atoms with Gasteiger partial charge in [-0.25, -0.2) is 4.98 Å². The van der Waals surface area contributed by atoms with E-state index < -0.39 is 0 Å². The van der Waals surface area contributed by atoms with Crippen molar-refractivity contribution in [1.29, 1.82) is 0 Å². The van der Waals surface area contributed by atoms with Crippen LogP contribution < -0.4 is 10.6 Å². The summed E-state index contributed by atoms with van der Waals surface area (Å²) in [4.78, 5) is 28.0. The van der Waals surface area contributed by atoms with Crippen molar-refractivity contribution in [2.75, 3.05) is 6.54 Å². The van der Waals surface area contributed by atoms with E-state index >= 15 is 0 Å². The Balaban J connectivity index is 1.73. The number of imidazole rings is 1. The third-order valence-electron chi connectivity index (χ3n) is 3.80. The number of para-hydroxylation sites is 2. The molecule has 0 radical (unpaired) electrons. The molecule has 0 aliphatic heterocycles. The molecule has 0 aliphatic carbocycles. The molecule has 25 heavy (non-hydrogen) atoms. The van der Waals surface area contributed by atoms with E-state index in [0.717, 1.165) is 16.9 Å². The van der Waals surface area contributed by atoms with Crippen LogP contribution in [0.3, 0.4) is 0 Å². The van der Waals surface area contributed by atoms with Gasteiger partial charge in [0.25, 0.3) is 0 Å². The highest BCUT2D eigenvalue weighted by Crippen LogP contribution is 2.16. The smallest absolute Gasteiger partial charge is 0.240 e. The monoisotopic (exact) mass is 340 g/mol. The maximum absolute atomic E-state index is 12.3. The molecule has 2 aromatic heterocycles. The van der Waals surface area contributed by atoms with E-state index in [1.54, 1.807) is 12.3 Å². The van der Waals surface area contributed by atoms with Crippen molar-refractivity contribution in [2.45, 2.75) is 26.4 Å². The molecule has 1 aromatic carbocycles. The van der Waals surface area contributed by atoms with E-state index in [4.69, 9.17) is 4.42 Å². The summed E-state index contributed by atoms with van der Waals surface area (Å²) in [5.74, 6) is 1.26. The van der Waals surface area contributed by atoms with Crippen LogP contribution in [-0.4, -0.2) is 27.9 Å². The number of fused-ring (bicyclic) bond motifs is 1. The number of hydrogen-bond acceptors (Lipinski definition) is 4. The van der Waals surface area contributed by atoms with Gasteiger partial charge in [-0.2, -0.15) is 0 Å². The first-order chi connectivity index (χ1) is 12.1. The largest absolute Gasteiger partial charge is 0.467 e. The lowest BCUT2D eigenvalue weighted by molar-refractivity contribution is -0.122. The zero-order chi connectivity index (χ0) is 17.6. The van der Waals surface area contributed by atoms with Gasteiger partial charge in [-0.15, -0.1) is 0 Å². The van der Waals surface area contributed by atoms with Gasteiger partial charge in [0, 0.05) is 19.9 Å². The van der Waals surface area contributed by atoms with Crippen LogP contribution in [0.4, 0.5) is 0 Å². The van der Waals surface area contributed by atoms with Gasteiger partial charge in [0.1, 0.15) is 18.1 Å². The van der Waals surface area contributed by atoms with Crippen LogP contribution in [0.15, 0.2) is 47.1 Å². The topological polar surface area (TPSA) is 89.2 Å². The lowest BCUT2D eigenvalue weighted by Crippen LogP contribution is -2.28. The van der Waals surface area contributed by atoms with Crippen molar-refractivity contribution in [3.8, 4) is 0 Å². The lowest BCUT2D eigenvalue weighted by atomic mass is 10.3. The van der Waals surface area contributed by atoms with Gasteiger partial charge in [0.2, 0.25) is 11.8 Å². The van der Waals surface area contributed by atoms with Crippen LogP contribution in [0.1, 0.15) is 18.5 Å². The van der Waals surface area contributed by atoms with E-state index in [1.807, 2.05) is 34.9 Å². The number of carbonyl (C=O) groups is 2. The summed E-state index contributed by atoms with van der Waals surface area (Å²) in [6.45, 7) is 2.47. The van der Waals surface area contributed by atoms with Gasteiger partial charge in [-0.05, 0) is 24.3 Å². The van der Waals surface area contributed by atoms with E-state index in [1.165, 1.54) is 6.92 Å². The van der Waals surface area contributed by atoms with Gasteiger partial charge >= 0.3 is 0 Å². The van der Waals surface area contributed by atoms with Crippen LogP contribution in [-0.2, 0) is 29.1 Å². The maximum Gasteiger partial charge on any atom is 0.240 e. The minimum Gasteiger partial charge on any atom is -0.467 e. The summed E-state index contributed by atoms with van der Waals surface area (Å²) >= 11 is 0. The summed E-state index contributed by atoms with van der Waals surface area (Å²) in [6, 6.07) is 11.3. The van der Waals surface area contributed by atoms with Crippen LogP contribution in [0, 0.1) is 0 Å². The van der Waals surface area contributed by atoms with E-state index in [-0.39, 0.29) is 18.4 Å². The molecule has 3 aromatic rings. The van der Waals surface area contributed by atoms with Crippen molar-refractivity contribution in [1.82, 2.24) is 20.2 Å². The van der Waals surface area contributed by atoms with Crippen LogP contribution in [0.2, 0.25) is 0 Å². The Kier molecular flexibility index (Phi) is 5.13. The molecule has 7 heteroatoms. The standard InChI is InChI=1S/C18H20N4O3/c1-13(23)19-9-8-17-21-15-6-2-3-7-16(15)22(17)12-18(24)20-11-14-5-4-10-25-14/h2-7,10H,8-9,11-12H2,1H3,(H,19,23)(H,20,24). The van der Waals surface area contributed by atoms with Crippen molar-refractivity contribution in [3.05, 3.63) is 54.2 Å². The molecule has 2 heterocycles. The quantitative estimate of drug-likeness (QED) is 0.684. The Bertz CT molecular complexity index is 868. The van der Waals surface area contributed by atoms with Crippen molar-refractivity contribution in [3.63, 3.8) is 0 Å². The van der Waals surface area contributed by atoms with Gasteiger partial charge in [0.15, 0.2) is 0 Å². The van der Waals surface area contributed by atoms with Crippen molar-refractivity contribution in [2.24, 2.45) is 0 Å². The predicted molar refractivity (Wildman–Crippen MR) is 92.7 cm³/mol. The normalized spacial score (nSPS) is 10.8. The van der Waals surface area contributed by atoms with Gasteiger partial charge in [0.05, 0.1) is 23.8 Å². The average molecular weight is 340 g/mol. The SMILES string of the molecule is CC(=O)NCCc1nc2ccccc2n1CC(=O)NCc1ccco1. The van der Waals surface area contributed by atoms with E-state index in [9.17, 15) is 9.59 Å². The molecule has 0 atom stereocenters. The Labute approximate surface area is 145 Å². The third-order valence-corrected chi connectivity index (χ3v) is 3.80. The second-order valence-corrected chi connectivity index (χ2v) is 5.69. The molecule has 0 fully saturated rings. The first-order valence-corrected chi connectivity index (χ1v) is 8.11. The average Bonchev–Trinajstić information content (AvgIpc) is 3.21. The van der Waals surface area contributed by atoms with E-state index in [0.29, 0.717) is 25.3 Å². The number of carbonyl (C=O) groups excluding carboxylic acids is 2. The Morgan fingerprint density at radius 3 is 2.76 bits per heavy atom. The number of benzene rings is 1. The van der Waals surface area contributed by atoms with Crippen LogP contribution >= 0.6 is 0 Å². The van der Waals surface area contributed by atoms with Gasteiger partial charge in [-0.3, -0.25) is 9.59 Å².